The molecule has 1 heterocycles. The Labute approximate surface area is 198 Å². The van der Waals surface area contributed by atoms with Crippen LogP contribution in [0.15, 0.2) is 82.2 Å². The maximum Gasteiger partial charge on any atom is 0.293 e. The zero-order chi connectivity index (χ0) is 21.8. The van der Waals surface area contributed by atoms with Gasteiger partial charge in [-0.25, -0.2) is 0 Å². The lowest BCUT2D eigenvalue weighted by Crippen LogP contribution is -2.27. The van der Waals surface area contributed by atoms with Gasteiger partial charge in [0.15, 0.2) is 0 Å². The zero-order valence-electron chi connectivity index (χ0n) is 16.3. The van der Waals surface area contributed by atoms with Crippen molar-refractivity contribution in [1.29, 1.82) is 0 Å². The average Bonchev–Trinajstić information content (AvgIpc) is 3.02. The number of hydrogen-bond donors (Lipinski definition) is 0. The second-order valence-corrected chi connectivity index (χ2v) is 9.20. The Morgan fingerprint density at radius 1 is 0.968 bits per heavy atom. The molecule has 4 nitrogen and oxygen atoms in total. The molecule has 7 heteroatoms. The summed E-state index contributed by atoms with van der Waals surface area (Å²) in [6.07, 6.45) is 1.71. The Balaban J connectivity index is 1.51. The van der Waals surface area contributed by atoms with Gasteiger partial charge >= 0.3 is 0 Å². The van der Waals surface area contributed by atoms with Crippen LogP contribution in [-0.4, -0.2) is 16.0 Å². The number of carbonyl (C=O) groups is 2. The lowest BCUT2D eigenvalue weighted by Gasteiger charge is -2.12. The topological polar surface area (TPSA) is 46.6 Å². The number of halogens is 2. The molecule has 0 bridgehead atoms. The smallest absolute Gasteiger partial charge is 0.293 e. The van der Waals surface area contributed by atoms with Crippen LogP contribution in [0.3, 0.4) is 0 Å². The van der Waals surface area contributed by atoms with Crippen LogP contribution in [0.25, 0.3) is 6.08 Å². The molecule has 2 amide bonds. The molecule has 0 aromatic heterocycles. The van der Waals surface area contributed by atoms with Crippen LogP contribution in [0.1, 0.15) is 16.7 Å². The second-order valence-electron chi connectivity index (χ2n) is 6.85. The number of para-hydroxylation sites is 1. The van der Waals surface area contributed by atoms with Crippen LogP contribution in [0.5, 0.6) is 5.75 Å². The summed E-state index contributed by atoms with van der Waals surface area (Å²) in [6.45, 7) is 0.600. The van der Waals surface area contributed by atoms with E-state index in [2.05, 4.69) is 15.9 Å². The highest BCUT2D eigenvalue weighted by Crippen LogP contribution is 2.35. The second kappa shape index (κ2) is 9.73. The molecule has 0 saturated carbocycles. The lowest BCUT2D eigenvalue weighted by molar-refractivity contribution is -0.123. The molecule has 1 aliphatic rings. The minimum Gasteiger partial charge on any atom is -0.488 e. The Kier molecular flexibility index (Phi) is 6.80. The summed E-state index contributed by atoms with van der Waals surface area (Å²) < 4.78 is 6.86. The van der Waals surface area contributed by atoms with Gasteiger partial charge in [0, 0.05) is 15.1 Å². The number of imide groups is 1. The minimum absolute atomic E-state index is 0.232. The van der Waals surface area contributed by atoms with Crippen LogP contribution < -0.4 is 4.74 Å². The van der Waals surface area contributed by atoms with E-state index in [1.807, 2.05) is 72.8 Å². The van der Waals surface area contributed by atoms with E-state index in [4.69, 9.17) is 16.3 Å². The highest BCUT2D eigenvalue weighted by atomic mass is 79.9. The molecule has 1 saturated heterocycles. The summed E-state index contributed by atoms with van der Waals surface area (Å²) in [5.74, 6) is 0.332. The first-order valence-corrected chi connectivity index (χ1v) is 11.4. The molecule has 4 rings (SSSR count). The maximum absolute atomic E-state index is 12.9. The third kappa shape index (κ3) is 5.39. The van der Waals surface area contributed by atoms with Crippen molar-refractivity contribution >= 4 is 56.5 Å². The van der Waals surface area contributed by atoms with Crippen molar-refractivity contribution in [2.75, 3.05) is 0 Å². The van der Waals surface area contributed by atoms with Gasteiger partial charge < -0.3 is 4.74 Å². The number of nitrogens with zero attached hydrogens (tertiary/aromatic N) is 1. The quantitative estimate of drug-likeness (QED) is 0.335. The maximum atomic E-state index is 12.9. The van der Waals surface area contributed by atoms with Gasteiger partial charge in [0.1, 0.15) is 12.4 Å². The summed E-state index contributed by atoms with van der Waals surface area (Å²) in [4.78, 5) is 27.0. The van der Waals surface area contributed by atoms with Gasteiger partial charge in [-0.2, -0.15) is 0 Å². The molecule has 156 valence electrons. The summed E-state index contributed by atoms with van der Waals surface area (Å²) in [7, 11) is 0. The number of thioether (sulfide) groups is 1. The first-order valence-electron chi connectivity index (χ1n) is 9.46. The van der Waals surface area contributed by atoms with Crippen molar-refractivity contribution in [3.63, 3.8) is 0 Å². The van der Waals surface area contributed by atoms with E-state index in [0.29, 0.717) is 22.3 Å². The molecule has 0 radical (unpaired) electrons. The summed E-state index contributed by atoms with van der Waals surface area (Å²) in [5, 5.41) is 0.388. The lowest BCUT2D eigenvalue weighted by atomic mass is 10.1. The van der Waals surface area contributed by atoms with Crippen LogP contribution in [0, 0.1) is 0 Å². The predicted octanol–water partition coefficient (Wildman–Crippen LogP) is 6.92. The third-order valence-electron chi connectivity index (χ3n) is 4.62. The molecule has 3 aromatic rings. The fourth-order valence-corrected chi connectivity index (χ4v) is 4.47. The van der Waals surface area contributed by atoms with Crippen molar-refractivity contribution in [2.45, 2.75) is 13.2 Å². The molecule has 0 spiro atoms. The van der Waals surface area contributed by atoms with Crippen molar-refractivity contribution in [1.82, 2.24) is 4.90 Å². The average molecular weight is 515 g/mol. The van der Waals surface area contributed by atoms with Gasteiger partial charge in [-0.3, -0.25) is 14.5 Å². The van der Waals surface area contributed by atoms with E-state index in [9.17, 15) is 9.59 Å². The van der Waals surface area contributed by atoms with Crippen molar-refractivity contribution in [3.8, 4) is 5.75 Å². The third-order valence-corrected chi connectivity index (χ3v) is 6.27. The number of carbonyl (C=O) groups excluding carboxylic acids is 2. The number of benzene rings is 3. The standard InChI is InChI=1S/C24H17BrClNO3S/c25-19-6-3-4-17(12-19)14-27-23(28)22(31-24(27)29)13-18-5-1-2-7-21(18)30-15-16-8-10-20(26)11-9-16/h1-13H,14-15H2/b22-13+. The number of amides is 2. The predicted molar refractivity (Wildman–Crippen MR) is 128 cm³/mol. The van der Waals surface area contributed by atoms with E-state index in [-0.39, 0.29) is 17.7 Å². The Hall–Kier alpha value is -2.54. The number of ether oxygens (including phenoxy) is 1. The van der Waals surface area contributed by atoms with Gasteiger partial charge in [-0.1, -0.05) is 70.0 Å². The van der Waals surface area contributed by atoms with Gasteiger partial charge in [-0.05, 0) is 59.3 Å². The molecule has 0 atom stereocenters. The Bertz CT molecular complexity index is 1160. The Morgan fingerprint density at radius 3 is 2.52 bits per heavy atom. The van der Waals surface area contributed by atoms with Crippen LogP contribution in [-0.2, 0) is 17.9 Å². The monoisotopic (exact) mass is 513 g/mol. The number of hydrogen-bond acceptors (Lipinski definition) is 4. The molecular weight excluding hydrogens is 498 g/mol. The largest absolute Gasteiger partial charge is 0.488 e. The van der Waals surface area contributed by atoms with E-state index in [1.54, 1.807) is 6.08 Å². The fraction of sp³-hybridized carbons (Fsp3) is 0.0833. The summed E-state index contributed by atoms with van der Waals surface area (Å²) >= 11 is 10.3. The molecule has 3 aromatic carbocycles. The van der Waals surface area contributed by atoms with Crippen molar-refractivity contribution in [2.24, 2.45) is 0 Å². The fourth-order valence-electron chi connectivity index (χ4n) is 3.07. The van der Waals surface area contributed by atoms with Gasteiger partial charge in [0.2, 0.25) is 0 Å². The summed E-state index contributed by atoms with van der Waals surface area (Å²) in [5.41, 5.74) is 2.60. The first kappa shape index (κ1) is 21.7. The SMILES string of the molecule is O=C1S/C(=C/c2ccccc2OCc2ccc(Cl)cc2)C(=O)N1Cc1cccc(Br)c1. The molecular formula is C24H17BrClNO3S. The Morgan fingerprint density at radius 2 is 1.74 bits per heavy atom. The highest BCUT2D eigenvalue weighted by molar-refractivity contribution is 9.10. The van der Waals surface area contributed by atoms with Crippen LogP contribution in [0.2, 0.25) is 5.02 Å². The molecule has 1 aliphatic heterocycles. The van der Waals surface area contributed by atoms with Crippen LogP contribution >= 0.6 is 39.3 Å². The molecule has 1 fully saturated rings. The van der Waals surface area contributed by atoms with E-state index in [0.717, 1.165) is 32.9 Å². The normalized spacial score (nSPS) is 15.0. The summed E-state index contributed by atoms with van der Waals surface area (Å²) in [6, 6.07) is 22.4. The highest BCUT2D eigenvalue weighted by Gasteiger charge is 2.35. The molecule has 0 N–H and O–H groups in total. The first-order chi connectivity index (χ1) is 15.0. The van der Waals surface area contributed by atoms with Crippen molar-refractivity contribution in [3.05, 3.63) is 104 Å². The number of rotatable bonds is 6. The van der Waals surface area contributed by atoms with Crippen molar-refractivity contribution < 1.29 is 14.3 Å². The van der Waals surface area contributed by atoms with E-state index >= 15 is 0 Å². The van der Waals surface area contributed by atoms with Gasteiger partial charge in [0.05, 0.1) is 11.4 Å². The van der Waals surface area contributed by atoms with Gasteiger partial charge in [-0.15, -0.1) is 0 Å². The van der Waals surface area contributed by atoms with Crippen LogP contribution in [0.4, 0.5) is 4.79 Å². The van der Waals surface area contributed by atoms with E-state index in [1.165, 1.54) is 4.90 Å². The molecule has 0 aliphatic carbocycles. The zero-order valence-corrected chi connectivity index (χ0v) is 19.4. The molecule has 31 heavy (non-hydrogen) atoms. The van der Waals surface area contributed by atoms with E-state index < -0.39 is 0 Å². The minimum atomic E-state index is -0.303. The molecule has 0 unspecified atom stereocenters. The van der Waals surface area contributed by atoms with Gasteiger partial charge in [0.25, 0.3) is 11.1 Å².